The van der Waals surface area contributed by atoms with Gasteiger partial charge in [-0.1, -0.05) is 164 Å². The second-order valence-electron chi connectivity index (χ2n) is 13.5. The Labute approximate surface area is 346 Å². The van der Waals surface area contributed by atoms with Crippen molar-refractivity contribution in [1.82, 2.24) is 19.5 Å². The van der Waals surface area contributed by atoms with Gasteiger partial charge >= 0.3 is 0 Å². The fourth-order valence-electron chi connectivity index (χ4n) is 7.48. The molecule has 266 valence electrons. The van der Waals surface area contributed by atoms with Crippen LogP contribution in [0.15, 0.2) is 206 Å². The van der Waals surface area contributed by atoms with Crippen LogP contribution in [0.25, 0.3) is 105 Å². The van der Waals surface area contributed by atoms with Gasteiger partial charge in [-0.2, -0.15) is 0 Å². The largest absolute Gasteiger partial charge is 0.309 e. The van der Waals surface area contributed by atoms with Crippen LogP contribution in [0.4, 0.5) is 0 Å². The molecule has 0 bridgehead atoms. The molecule has 0 atom stereocenters. The molecule has 0 saturated carbocycles. The van der Waals surface area contributed by atoms with Crippen LogP contribution < -0.4 is 0 Å². The van der Waals surface area contributed by atoms with Gasteiger partial charge in [0, 0.05) is 27.5 Å². The lowest BCUT2D eigenvalue weighted by molar-refractivity contribution is 1.06. The maximum absolute atomic E-state index is 9.76. The predicted octanol–water partition coefficient (Wildman–Crippen LogP) is 13.6. The molecule has 0 aliphatic carbocycles. The minimum Gasteiger partial charge on any atom is -0.309 e. The van der Waals surface area contributed by atoms with E-state index in [2.05, 4.69) is 18.2 Å². The summed E-state index contributed by atoms with van der Waals surface area (Å²) < 4.78 is 110. The Kier molecular flexibility index (Phi) is 5.38. The topological polar surface area (TPSA) is 43.6 Å². The van der Waals surface area contributed by atoms with Gasteiger partial charge in [0.2, 0.25) is 0 Å². The lowest BCUT2D eigenvalue weighted by atomic mass is 9.94. The fourth-order valence-corrected chi connectivity index (χ4v) is 7.48. The molecule has 0 amide bonds. The highest BCUT2D eigenvalue weighted by Gasteiger charge is 2.21. The number of para-hydroxylation sites is 1. The zero-order valence-electron chi connectivity index (χ0n) is 42.0. The summed E-state index contributed by atoms with van der Waals surface area (Å²) in [6.07, 6.45) is 0. The van der Waals surface area contributed by atoms with Crippen LogP contribution >= 0.6 is 0 Å². The molecule has 0 aliphatic rings. The Bertz CT molecular complexity index is 3900. The Morgan fingerprint density at radius 3 is 1.75 bits per heavy atom. The van der Waals surface area contributed by atoms with Gasteiger partial charge in [0.25, 0.3) is 0 Å². The third-order valence-electron chi connectivity index (χ3n) is 10.1. The lowest BCUT2D eigenvalue weighted by Gasteiger charge is -2.17. The second kappa shape index (κ2) is 13.6. The average molecular weight is 739 g/mol. The monoisotopic (exact) mass is 738 g/mol. The summed E-state index contributed by atoms with van der Waals surface area (Å²) in [4.78, 5) is 15.1. The molecule has 0 radical (unpaired) electrons. The van der Waals surface area contributed by atoms with Crippen LogP contribution in [-0.2, 0) is 0 Å². The van der Waals surface area contributed by atoms with E-state index in [0.717, 1.165) is 32.7 Å². The van der Waals surface area contributed by atoms with Crippen LogP contribution in [0.5, 0.6) is 0 Å². The molecular weight excluding hydrogens is 693 g/mol. The number of nitrogens with zero attached hydrogens (tertiary/aromatic N) is 4. The first-order valence-electron chi connectivity index (χ1n) is 24.3. The molecular formula is C53H34N4. The zero-order valence-corrected chi connectivity index (χ0v) is 30.0. The quantitative estimate of drug-likeness (QED) is 0.160. The van der Waals surface area contributed by atoms with Crippen molar-refractivity contribution in [2.24, 2.45) is 0 Å². The van der Waals surface area contributed by atoms with Gasteiger partial charge in [0.1, 0.15) is 0 Å². The molecule has 0 unspecified atom stereocenters. The maximum Gasteiger partial charge on any atom is 0.166 e. The lowest BCUT2D eigenvalue weighted by Crippen LogP contribution is -2.04. The van der Waals surface area contributed by atoms with E-state index < -0.39 is 83.6 Å². The molecule has 0 saturated heterocycles. The van der Waals surface area contributed by atoms with Crippen LogP contribution in [-0.4, -0.2) is 19.5 Å². The zero-order chi connectivity index (χ0) is 48.2. The Balaban J connectivity index is 1.30. The Morgan fingerprint density at radius 1 is 0.368 bits per heavy atom. The van der Waals surface area contributed by atoms with Crippen molar-refractivity contribution in [3.8, 4) is 62.1 Å². The summed E-state index contributed by atoms with van der Waals surface area (Å²) >= 11 is 0. The summed E-state index contributed by atoms with van der Waals surface area (Å²) in [5, 5.41) is 3.72. The number of hydrogen-bond donors (Lipinski definition) is 0. The maximum atomic E-state index is 9.76. The second-order valence-corrected chi connectivity index (χ2v) is 13.5. The highest BCUT2D eigenvalue weighted by atomic mass is 15.1. The van der Waals surface area contributed by atoms with Crippen molar-refractivity contribution in [3.05, 3.63) is 206 Å². The molecule has 9 aromatic carbocycles. The van der Waals surface area contributed by atoms with Crippen molar-refractivity contribution in [3.63, 3.8) is 0 Å². The predicted molar refractivity (Wildman–Crippen MR) is 236 cm³/mol. The van der Waals surface area contributed by atoms with Gasteiger partial charge < -0.3 is 4.57 Å². The molecule has 11 rings (SSSR count). The van der Waals surface area contributed by atoms with Gasteiger partial charge in [0.15, 0.2) is 17.5 Å². The van der Waals surface area contributed by atoms with Crippen molar-refractivity contribution in [2.75, 3.05) is 0 Å². The summed E-state index contributed by atoms with van der Waals surface area (Å²) in [5.74, 6) is 0.839. The minimum absolute atomic E-state index is 0.123. The van der Waals surface area contributed by atoms with E-state index in [0.29, 0.717) is 28.3 Å². The van der Waals surface area contributed by atoms with Gasteiger partial charge in [-0.3, -0.25) is 0 Å². The van der Waals surface area contributed by atoms with E-state index >= 15 is 0 Å². The number of hydrogen-bond acceptors (Lipinski definition) is 3. The van der Waals surface area contributed by atoms with Gasteiger partial charge in [-0.05, 0) is 86.2 Å². The molecule has 0 spiro atoms. The van der Waals surface area contributed by atoms with E-state index in [4.69, 9.17) is 24.5 Å². The highest BCUT2D eigenvalue weighted by Crippen LogP contribution is 2.41. The van der Waals surface area contributed by atoms with Crippen molar-refractivity contribution in [1.29, 1.82) is 0 Å². The van der Waals surface area contributed by atoms with Gasteiger partial charge in [-0.25, -0.2) is 15.0 Å². The van der Waals surface area contributed by atoms with Crippen LogP contribution in [0.2, 0.25) is 0 Å². The number of benzene rings is 9. The van der Waals surface area contributed by atoms with E-state index in [-0.39, 0.29) is 33.3 Å². The molecule has 57 heavy (non-hydrogen) atoms. The summed E-state index contributed by atoms with van der Waals surface area (Å²) in [7, 11) is 0. The minimum atomic E-state index is -0.702. The SMILES string of the molecule is [2H]c1c([2H])c([2H])c(-c2c([2H])c([2H])c3c(c2[2H])c2c([2H])c([2H])c([2H])c([2H])c2n3-c2ccc(-c3cccc4cc5ccccc5cc34)cc2-c2nc(-c3ccccc3)nc(-c3ccccc3)n2)c([2H])c1[2H]. The molecule has 2 heterocycles. The average Bonchev–Trinajstić information content (AvgIpc) is 3.75. The van der Waals surface area contributed by atoms with Gasteiger partial charge in [-0.15, -0.1) is 0 Å². The Morgan fingerprint density at radius 2 is 1.00 bits per heavy atom. The number of rotatable bonds is 6. The smallest absolute Gasteiger partial charge is 0.166 e. The highest BCUT2D eigenvalue weighted by molar-refractivity contribution is 6.11. The summed E-state index contributed by atoms with van der Waals surface area (Å²) in [6, 6.07) is 35.1. The van der Waals surface area contributed by atoms with E-state index in [1.54, 1.807) is 6.07 Å². The first kappa shape index (κ1) is 22.6. The summed E-state index contributed by atoms with van der Waals surface area (Å²) in [6.45, 7) is 0. The summed E-state index contributed by atoms with van der Waals surface area (Å²) in [5.41, 5.74) is 2.36. The number of fused-ring (bicyclic) bond motifs is 5. The van der Waals surface area contributed by atoms with Crippen molar-refractivity contribution in [2.45, 2.75) is 0 Å². The molecule has 4 nitrogen and oxygen atoms in total. The van der Waals surface area contributed by atoms with E-state index in [9.17, 15) is 6.85 Å². The molecule has 0 N–H and O–H groups in total. The van der Waals surface area contributed by atoms with E-state index in [1.807, 2.05) is 109 Å². The van der Waals surface area contributed by atoms with Gasteiger partial charge in [0.05, 0.1) is 33.2 Å². The standard InChI is InChI=1S/C53H34N4/c1-4-15-35(16-5-1)40-27-29-49-46(33-40)44-24-12-13-26-48(44)57(49)50-30-28-42(43-25-14-23-41-31-38-21-10-11-22-39(38)32-45(41)43)34-47(50)53-55-51(36-17-6-2-7-18-36)54-52(56-53)37-19-8-3-9-20-37/h1-34H/i1D,4D,5D,12D,13D,15D,16D,24D,26D,27D,29D,33D. The number of aromatic nitrogens is 4. The fraction of sp³-hybridized carbons (Fsp3) is 0. The normalized spacial score (nSPS) is 14.5. The molecule has 0 aliphatic heterocycles. The molecule has 0 fully saturated rings. The van der Waals surface area contributed by atoms with Crippen LogP contribution in [0.1, 0.15) is 16.4 Å². The first-order valence-corrected chi connectivity index (χ1v) is 18.3. The Hall–Kier alpha value is -7.69. The molecule has 11 aromatic rings. The van der Waals surface area contributed by atoms with Crippen molar-refractivity contribution >= 4 is 43.4 Å². The van der Waals surface area contributed by atoms with Crippen LogP contribution in [0.3, 0.4) is 0 Å². The third-order valence-corrected chi connectivity index (χ3v) is 10.1. The van der Waals surface area contributed by atoms with Crippen molar-refractivity contribution < 1.29 is 16.4 Å². The first-order chi connectivity index (χ1) is 33.2. The van der Waals surface area contributed by atoms with E-state index in [1.165, 1.54) is 4.57 Å². The molecule has 4 heteroatoms. The molecule has 2 aromatic heterocycles. The third kappa shape index (κ3) is 5.74. The van der Waals surface area contributed by atoms with Crippen LogP contribution in [0, 0.1) is 0 Å².